The molecule has 1 aliphatic heterocycles. The van der Waals surface area contributed by atoms with Crippen molar-refractivity contribution in [1.82, 2.24) is 15.1 Å². The third-order valence-electron chi connectivity index (χ3n) is 6.82. The number of nitrogens with one attached hydrogen (secondary N) is 1. The van der Waals surface area contributed by atoms with E-state index in [0.29, 0.717) is 25.4 Å². The fraction of sp³-hybridized carbons (Fsp3) is 0.680. The SMILES string of the molecule is CC(=O)N1CCC(N(Cc2ccc(F)cc2)CC(C)C)C[C@@H]1C(=O)NC1CCC(N)CC1. The monoisotopic (exact) mass is 446 g/mol. The highest BCUT2D eigenvalue weighted by molar-refractivity contribution is 5.87. The zero-order valence-electron chi connectivity index (χ0n) is 19.7. The predicted octanol–water partition coefficient (Wildman–Crippen LogP) is 3.05. The summed E-state index contributed by atoms with van der Waals surface area (Å²) >= 11 is 0. The Morgan fingerprint density at radius 3 is 2.41 bits per heavy atom. The molecule has 2 aliphatic rings. The molecule has 178 valence electrons. The molecule has 0 aromatic heterocycles. The maximum Gasteiger partial charge on any atom is 0.243 e. The van der Waals surface area contributed by atoms with Crippen LogP contribution in [0.1, 0.15) is 64.9 Å². The second-order valence-corrected chi connectivity index (χ2v) is 9.98. The van der Waals surface area contributed by atoms with E-state index >= 15 is 0 Å². The molecule has 3 N–H and O–H groups in total. The van der Waals surface area contributed by atoms with Crippen molar-refractivity contribution in [2.75, 3.05) is 13.1 Å². The van der Waals surface area contributed by atoms with Crippen LogP contribution in [0.5, 0.6) is 0 Å². The first-order valence-corrected chi connectivity index (χ1v) is 12.0. The molecule has 1 aromatic rings. The number of carbonyl (C=O) groups is 2. The summed E-state index contributed by atoms with van der Waals surface area (Å²) in [7, 11) is 0. The van der Waals surface area contributed by atoms with Crippen molar-refractivity contribution in [3.8, 4) is 0 Å². The van der Waals surface area contributed by atoms with E-state index < -0.39 is 6.04 Å². The van der Waals surface area contributed by atoms with E-state index in [1.807, 2.05) is 12.1 Å². The Bertz CT molecular complexity index is 762. The van der Waals surface area contributed by atoms with E-state index in [0.717, 1.165) is 44.2 Å². The van der Waals surface area contributed by atoms with Gasteiger partial charge in [0, 0.05) is 44.7 Å². The first-order chi connectivity index (χ1) is 15.2. The minimum atomic E-state index is -0.454. The molecule has 1 aliphatic carbocycles. The van der Waals surface area contributed by atoms with Crippen molar-refractivity contribution in [2.45, 2.75) is 90.0 Å². The number of carbonyl (C=O) groups excluding carboxylic acids is 2. The summed E-state index contributed by atoms with van der Waals surface area (Å²) in [4.78, 5) is 29.7. The van der Waals surface area contributed by atoms with E-state index in [-0.39, 0.29) is 35.8 Å². The Morgan fingerprint density at radius 2 is 1.81 bits per heavy atom. The lowest BCUT2D eigenvalue weighted by Gasteiger charge is -2.43. The molecule has 2 atom stereocenters. The number of nitrogens with two attached hydrogens (primary N) is 1. The molecule has 1 unspecified atom stereocenters. The van der Waals surface area contributed by atoms with Crippen LogP contribution in [0.25, 0.3) is 0 Å². The number of piperidine rings is 1. The Kier molecular flexibility index (Phi) is 8.65. The quantitative estimate of drug-likeness (QED) is 0.675. The van der Waals surface area contributed by atoms with Gasteiger partial charge in [-0.15, -0.1) is 0 Å². The highest BCUT2D eigenvalue weighted by Crippen LogP contribution is 2.26. The number of amides is 2. The van der Waals surface area contributed by atoms with Gasteiger partial charge in [0.2, 0.25) is 11.8 Å². The summed E-state index contributed by atoms with van der Waals surface area (Å²) in [6.07, 6.45) is 5.09. The molecule has 1 saturated heterocycles. The molecule has 1 aromatic carbocycles. The molecule has 32 heavy (non-hydrogen) atoms. The molecule has 0 radical (unpaired) electrons. The van der Waals surface area contributed by atoms with E-state index in [1.54, 1.807) is 11.8 Å². The Hall–Kier alpha value is -1.99. The number of halogens is 1. The number of hydrogen-bond donors (Lipinski definition) is 2. The number of nitrogens with zero attached hydrogens (tertiary/aromatic N) is 2. The van der Waals surface area contributed by atoms with Gasteiger partial charge in [-0.2, -0.15) is 0 Å². The van der Waals surface area contributed by atoms with Crippen molar-refractivity contribution < 1.29 is 14.0 Å². The van der Waals surface area contributed by atoms with Crippen molar-refractivity contribution in [2.24, 2.45) is 11.7 Å². The lowest BCUT2D eigenvalue weighted by atomic mass is 9.90. The largest absolute Gasteiger partial charge is 0.352 e. The van der Waals surface area contributed by atoms with Gasteiger partial charge in [-0.25, -0.2) is 4.39 Å². The van der Waals surface area contributed by atoms with E-state index in [4.69, 9.17) is 5.73 Å². The smallest absolute Gasteiger partial charge is 0.243 e. The second-order valence-electron chi connectivity index (χ2n) is 9.98. The van der Waals surface area contributed by atoms with Crippen molar-refractivity contribution >= 4 is 11.8 Å². The van der Waals surface area contributed by atoms with Gasteiger partial charge in [-0.1, -0.05) is 26.0 Å². The van der Waals surface area contributed by atoms with Crippen LogP contribution in [0.15, 0.2) is 24.3 Å². The fourth-order valence-electron chi connectivity index (χ4n) is 5.10. The molecule has 3 rings (SSSR count). The lowest BCUT2D eigenvalue weighted by Crippen LogP contribution is -2.58. The normalized spacial score (nSPS) is 26.4. The number of rotatable bonds is 7. The van der Waals surface area contributed by atoms with Gasteiger partial charge in [0.15, 0.2) is 0 Å². The van der Waals surface area contributed by atoms with Crippen molar-refractivity contribution in [3.63, 3.8) is 0 Å². The van der Waals surface area contributed by atoms with Crippen LogP contribution < -0.4 is 11.1 Å². The van der Waals surface area contributed by atoms with Crippen LogP contribution in [0.3, 0.4) is 0 Å². The Morgan fingerprint density at radius 1 is 1.16 bits per heavy atom. The zero-order valence-corrected chi connectivity index (χ0v) is 19.7. The molecule has 0 bridgehead atoms. The second kappa shape index (κ2) is 11.2. The first-order valence-electron chi connectivity index (χ1n) is 12.0. The van der Waals surface area contributed by atoms with Gasteiger partial charge in [-0.05, 0) is 62.1 Å². The zero-order chi connectivity index (χ0) is 23.3. The van der Waals surface area contributed by atoms with Crippen LogP contribution in [-0.4, -0.2) is 58.9 Å². The summed E-state index contributed by atoms with van der Waals surface area (Å²) < 4.78 is 13.4. The standard InChI is InChI=1S/C25H39FN4O2/c1-17(2)15-29(16-19-4-6-20(26)7-5-19)23-12-13-30(18(3)31)24(14-23)25(32)28-22-10-8-21(27)9-11-22/h4-7,17,21-24H,8-16,27H2,1-3H3,(H,28,32)/t21?,22?,23?,24-/m1/s1. The van der Waals surface area contributed by atoms with Crippen LogP contribution >= 0.6 is 0 Å². The molecule has 1 saturated carbocycles. The first kappa shape index (κ1) is 24.6. The Labute approximate surface area is 191 Å². The van der Waals surface area contributed by atoms with Gasteiger partial charge in [-0.3, -0.25) is 14.5 Å². The molecule has 7 heteroatoms. The average Bonchev–Trinajstić information content (AvgIpc) is 2.75. The van der Waals surface area contributed by atoms with Crippen LogP contribution in [0.2, 0.25) is 0 Å². The third kappa shape index (κ3) is 6.75. The topological polar surface area (TPSA) is 78.7 Å². The van der Waals surface area contributed by atoms with E-state index in [1.165, 1.54) is 12.1 Å². The highest BCUT2D eigenvalue weighted by atomic mass is 19.1. The predicted molar refractivity (Wildman–Crippen MR) is 124 cm³/mol. The molecular formula is C25H39FN4O2. The minimum absolute atomic E-state index is 0.0448. The van der Waals surface area contributed by atoms with Gasteiger partial charge in [0.05, 0.1) is 0 Å². The van der Waals surface area contributed by atoms with Crippen molar-refractivity contribution in [3.05, 3.63) is 35.6 Å². The van der Waals surface area contributed by atoms with E-state index in [9.17, 15) is 14.0 Å². The maximum atomic E-state index is 13.4. The van der Waals surface area contributed by atoms with Crippen LogP contribution in [-0.2, 0) is 16.1 Å². The fourth-order valence-corrected chi connectivity index (χ4v) is 5.10. The van der Waals surface area contributed by atoms with Gasteiger partial charge < -0.3 is 16.0 Å². The molecule has 1 heterocycles. The number of hydrogen-bond acceptors (Lipinski definition) is 4. The highest BCUT2D eigenvalue weighted by Gasteiger charge is 2.38. The summed E-state index contributed by atoms with van der Waals surface area (Å²) in [5.41, 5.74) is 7.06. The Balaban J connectivity index is 1.71. The average molecular weight is 447 g/mol. The number of benzene rings is 1. The minimum Gasteiger partial charge on any atom is -0.352 e. The molecule has 2 amide bonds. The molecule has 0 spiro atoms. The van der Waals surface area contributed by atoms with Gasteiger partial charge in [0.1, 0.15) is 11.9 Å². The molecular weight excluding hydrogens is 407 g/mol. The summed E-state index contributed by atoms with van der Waals surface area (Å²) in [5, 5.41) is 3.20. The van der Waals surface area contributed by atoms with Gasteiger partial charge in [0.25, 0.3) is 0 Å². The van der Waals surface area contributed by atoms with E-state index in [2.05, 4.69) is 24.1 Å². The third-order valence-corrected chi connectivity index (χ3v) is 6.82. The summed E-state index contributed by atoms with van der Waals surface area (Å²) in [6, 6.07) is 6.74. The summed E-state index contributed by atoms with van der Waals surface area (Å²) in [6.45, 7) is 8.08. The molecule has 6 nitrogen and oxygen atoms in total. The van der Waals surface area contributed by atoms with Gasteiger partial charge >= 0.3 is 0 Å². The van der Waals surface area contributed by atoms with Crippen molar-refractivity contribution in [1.29, 1.82) is 0 Å². The summed E-state index contributed by atoms with van der Waals surface area (Å²) in [5.74, 6) is 0.124. The van der Waals surface area contributed by atoms with Crippen LogP contribution in [0.4, 0.5) is 4.39 Å². The molecule has 2 fully saturated rings. The number of likely N-dealkylation sites (tertiary alicyclic amines) is 1. The lowest BCUT2D eigenvalue weighted by molar-refractivity contribution is -0.142. The van der Waals surface area contributed by atoms with Crippen LogP contribution in [0, 0.1) is 11.7 Å². The maximum absolute atomic E-state index is 13.4.